The van der Waals surface area contributed by atoms with Crippen molar-refractivity contribution in [1.29, 1.82) is 0 Å². The number of halogens is 1. The molecular formula is C12H15ClN4OS. The van der Waals surface area contributed by atoms with Gasteiger partial charge >= 0.3 is 6.03 Å². The van der Waals surface area contributed by atoms with Gasteiger partial charge in [-0.1, -0.05) is 11.6 Å². The Bertz CT molecular complexity index is 526. The van der Waals surface area contributed by atoms with E-state index in [9.17, 15) is 4.79 Å². The van der Waals surface area contributed by atoms with Crippen molar-refractivity contribution < 1.29 is 4.79 Å². The fourth-order valence-electron chi connectivity index (χ4n) is 1.60. The molecule has 0 aromatic carbocycles. The van der Waals surface area contributed by atoms with Crippen molar-refractivity contribution in [3.8, 4) is 0 Å². The summed E-state index contributed by atoms with van der Waals surface area (Å²) in [6.45, 7) is 3.18. The second-order valence-electron chi connectivity index (χ2n) is 4.06. The normalized spacial score (nSPS) is 12.1. The number of carbonyl (C=O) groups excluding carboxylic acids is 1. The maximum atomic E-state index is 11.7. The molecule has 0 spiro atoms. The minimum Gasteiger partial charge on any atom is -0.336 e. The average molecular weight is 299 g/mol. The van der Waals surface area contributed by atoms with Crippen LogP contribution in [0.2, 0.25) is 4.34 Å². The molecule has 2 rings (SSSR count). The third kappa shape index (κ3) is 4.25. The molecule has 0 unspecified atom stereocenters. The minimum atomic E-state index is -0.183. The van der Waals surface area contributed by atoms with Gasteiger partial charge in [0.2, 0.25) is 0 Å². The SMILES string of the molecule is C[C@H](NC(=O)NCCn1ccnc1)c1ccc(Cl)s1. The predicted molar refractivity (Wildman–Crippen MR) is 76.5 cm³/mol. The minimum absolute atomic E-state index is 0.0502. The molecule has 2 aromatic rings. The van der Waals surface area contributed by atoms with E-state index in [1.54, 1.807) is 12.5 Å². The van der Waals surface area contributed by atoms with Gasteiger partial charge in [-0.15, -0.1) is 11.3 Å². The largest absolute Gasteiger partial charge is 0.336 e. The number of carbonyl (C=O) groups is 1. The lowest BCUT2D eigenvalue weighted by Gasteiger charge is -2.13. The van der Waals surface area contributed by atoms with E-state index in [0.717, 1.165) is 9.21 Å². The maximum Gasteiger partial charge on any atom is 0.315 e. The molecule has 19 heavy (non-hydrogen) atoms. The van der Waals surface area contributed by atoms with Crippen LogP contribution in [0.15, 0.2) is 30.9 Å². The summed E-state index contributed by atoms with van der Waals surface area (Å²) in [4.78, 5) is 16.7. The van der Waals surface area contributed by atoms with Crippen LogP contribution in [0.25, 0.3) is 0 Å². The zero-order valence-corrected chi connectivity index (χ0v) is 12.0. The fraction of sp³-hybridized carbons (Fsp3) is 0.333. The van der Waals surface area contributed by atoms with Crippen LogP contribution in [0.5, 0.6) is 0 Å². The number of hydrogen-bond acceptors (Lipinski definition) is 3. The summed E-state index contributed by atoms with van der Waals surface area (Å²) < 4.78 is 2.63. The van der Waals surface area contributed by atoms with Gasteiger partial charge in [0.1, 0.15) is 0 Å². The first-order valence-electron chi connectivity index (χ1n) is 5.90. The molecule has 0 fully saturated rings. The Labute approximate surface area is 120 Å². The van der Waals surface area contributed by atoms with Crippen LogP contribution in [0.4, 0.5) is 4.79 Å². The number of imidazole rings is 1. The van der Waals surface area contributed by atoms with Crippen molar-refractivity contribution in [3.05, 3.63) is 40.1 Å². The highest BCUT2D eigenvalue weighted by Gasteiger charge is 2.10. The number of urea groups is 1. The summed E-state index contributed by atoms with van der Waals surface area (Å²) >= 11 is 7.33. The summed E-state index contributed by atoms with van der Waals surface area (Å²) in [7, 11) is 0. The molecule has 102 valence electrons. The Morgan fingerprint density at radius 1 is 1.58 bits per heavy atom. The Morgan fingerprint density at radius 2 is 2.42 bits per heavy atom. The molecule has 7 heteroatoms. The van der Waals surface area contributed by atoms with E-state index >= 15 is 0 Å². The van der Waals surface area contributed by atoms with Crippen LogP contribution < -0.4 is 10.6 Å². The van der Waals surface area contributed by atoms with E-state index in [1.807, 2.05) is 29.8 Å². The number of aromatic nitrogens is 2. The molecule has 0 aliphatic rings. The number of nitrogens with one attached hydrogen (secondary N) is 2. The number of thiophene rings is 1. The second kappa shape index (κ2) is 6.58. The van der Waals surface area contributed by atoms with Crippen molar-refractivity contribution in [1.82, 2.24) is 20.2 Å². The first-order valence-corrected chi connectivity index (χ1v) is 7.10. The third-order valence-corrected chi connectivity index (χ3v) is 4.00. The van der Waals surface area contributed by atoms with E-state index in [2.05, 4.69) is 15.6 Å². The molecule has 2 amide bonds. The Hall–Kier alpha value is -1.53. The average Bonchev–Trinajstić information content (AvgIpc) is 3.00. The molecule has 0 bridgehead atoms. The van der Waals surface area contributed by atoms with E-state index < -0.39 is 0 Å². The van der Waals surface area contributed by atoms with Crippen molar-refractivity contribution in [3.63, 3.8) is 0 Å². The van der Waals surface area contributed by atoms with Crippen LogP contribution in [0.3, 0.4) is 0 Å². The first kappa shape index (κ1) is 13.9. The van der Waals surface area contributed by atoms with Crippen LogP contribution >= 0.6 is 22.9 Å². The lowest BCUT2D eigenvalue weighted by atomic mass is 10.3. The summed E-state index contributed by atoms with van der Waals surface area (Å²) in [5.74, 6) is 0. The van der Waals surface area contributed by atoms with Gasteiger partial charge in [0.05, 0.1) is 16.7 Å². The van der Waals surface area contributed by atoms with Crippen LogP contribution in [-0.2, 0) is 6.54 Å². The molecule has 0 saturated heterocycles. The molecule has 2 heterocycles. The van der Waals surface area contributed by atoms with Crippen molar-refractivity contribution in [2.45, 2.75) is 19.5 Å². The van der Waals surface area contributed by atoms with E-state index in [-0.39, 0.29) is 12.1 Å². The second-order valence-corrected chi connectivity index (χ2v) is 5.81. The lowest BCUT2D eigenvalue weighted by Crippen LogP contribution is -2.38. The molecule has 5 nitrogen and oxygen atoms in total. The Morgan fingerprint density at radius 3 is 3.05 bits per heavy atom. The van der Waals surface area contributed by atoms with E-state index in [4.69, 9.17) is 11.6 Å². The summed E-state index contributed by atoms with van der Waals surface area (Å²) in [5, 5.41) is 5.67. The molecule has 0 aliphatic heterocycles. The van der Waals surface area contributed by atoms with Crippen molar-refractivity contribution in [2.75, 3.05) is 6.54 Å². The highest BCUT2D eigenvalue weighted by atomic mass is 35.5. The third-order valence-electron chi connectivity index (χ3n) is 2.58. The van der Waals surface area contributed by atoms with Gasteiger partial charge < -0.3 is 15.2 Å². The molecular weight excluding hydrogens is 284 g/mol. The lowest BCUT2D eigenvalue weighted by molar-refractivity contribution is 0.237. The highest BCUT2D eigenvalue weighted by Crippen LogP contribution is 2.26. The zero-order valence-electron chi connectivity index (χ0n) is 10.5. The highest BCUT2D eigenvalue weighted by molar-refractivity contribution is 7.16. The van der Waals surface area contributed by atoms with Crippen LogP contribution in [-0.4, -0.2) is 22.1 Å². The van der Waals surface area contributed by atoms with Gasteiger partial charge in [-0.2, -0.15) is 0 Å². The number of hydrogen-bond donors (Lipinski definition) is 2. The fourth-order valence-corrected chi connectivity index (χ4v) is 2.66. The molecule has 2 aromatic heterocycles. The van der Waals surface area contributed by atoms with E-state index in [1.165, 1.54) is 11.3 Å². The maximum absolute atomic E-state index is 11.7. The number of amides is 2. The smallest absolute Gasteiger partial charge is 0.315 e. The molecule has 0 aliphatic carbocycles. The van der Waals surface area contributed by atoms with Gasteiger partial charge in [0.15, 0.2) is 0 Å². The Balaban J connectivity index is 1.72. The summed E-state index contributed by atoms with van der Waals surface area (Å²) in [6, 6.07) is 3.52. The van der Waals surface area contributed by atoms with E-state index in [0.29, 0.717) is 13.1 Å². The molecule has 1 atom stereocenters. The summed E-state index contributed by atoms with van der Waals surface area (Å²) in [6.07, 6.45) is 5.29. The topological polar surface area (TPSA) is 59.0 Å². The van der Waals surface area contributed by atoms with Crippen molar-refractivity contribution in [2.24, 2.45) is 0 Å². The van der Waals surface area contributed by atoms with Gasteiger partial charge in [-0.05, 0) is 19.1 Å². The monoisotopic (exact) mass is 298 g/mol. The van der Waals surface area contributed by atoms with Gasteiger partial charge in [-0.3, -0.25) is 0 Å². The molecule has 0 radical (unpaired) electrons. The van der Waals surface area contributed by atoms with Crippen LogP contribution in [0.1, 0.15) is 17.8 Å². The predicted octanol–water partition coefficient (Wildman–Crippen LogP) is 2.66. The summed E-state index contributed by atoms with van der Waals surface area (Å²) in [5.41, 5.74) is 0. The van der Waals surface area contributed by atoms with Crippen LogP contribution in [0, 0.1) is 0 Å². The standard InChI is InChI=1S/C12H15ClN4OS/c1-9(10-2-3-11(13)19-10)16-12(18)15-5-7-17-6-4-14-8-17/h2-4,6,8-9H,5,7H2,1H3,(H2,15,16,18)/t9-/m0/s1. The molecule has 0 saturated carbocycles. The van der Waals surface area contributed by atoms with Crippen molar-refractivity contribution >= 4 is 29.0 Å². The number of rotatable bonds is 5. The number of nitrogens with zero attached hydrogens (tertiary/aromatic N) is 2. The van der Waals surface area contributed by atoms with Gasteiger partial charge in [-0.25, -0.2) is 9.78 Å². The quantitative estimate of drug-likeness (QED) is 0.891. The van der Waals surface area contributed by atoms with Gasteiger partial charge in [0.25, 0.3) is 0 Å². The van der Waals surface area contributed by atoms with Gasteiger partial charge in [0, 0.05) is 30.4 Å². The molecule has 2 N–H and O–H groups in total. The zero-order chi connectivity index (χ0) is 13.7. The first-order chi connectivity index (χ1) is 9.15. The Kier molecular flexibility index (Phi) is 4.81.